The van der Waals surface area contributed by atoms with Gasteiger partial charge in [-0.25, -0.2) is 0 Å². The lowest BCUT2D eigenvalue weighted by Gasteiger charge is -2.12. The van der Waals surface area contributed by atoms with Crippen molar-refractivity contribution in [1.29, 1.82) is 0 Å². The van der Waals surface area contributed by atoms with Gasteiger partial charge in [-0.15, -0.1) is 0 Å². The summed E-state index contributed by atoms with van der Waals surface area (Å²) in [5.41, 5.74) is 7.45. The van der Waals surface area contributed by atoms with Gasteiger partial charge in [-0.1, -0.05) is 47.6 Å². The lowest BCUT2D eigenvalue weighted by molar-refractivity contribution is 0.362. The van der Waals surface area contributed by atoms with Crippen molar-refractivity contribution in [3.05, 3.63) is 71.0 Å². The van der Waals surface area contributed by atoms with Crippen molar-refractivity contribution in [2.45, 2.75) is 32.2 Å². The molecule has 138 valence electrons. The van der Waals surface area contributed by atoms with Gasteiger partial charge in [0.05, 0.1) is 0 Å². The number of anilines is 1. The number of hydrogen-bond acceptors (Lipinski definition) is 4. The Hall–Kier alpha value is -2.59. The zero-order chi connectivity index (χ0) is 18.2. The SMILES string of the molecule is Cc1c(-c2ccccc2)noc1CC1CNC(c2ccc3c(c2)CCN3)C1. The van der Waals surface area contributed by atoms with Crippen molar-refractivity contribution in [2.75, 3.05) is 18.4 Å². The van der Waals surface area contributed by atoms with Crippen LogP contribution in [0.25, 0.3) is 11.3 Å². The molecular weight excluding hydrogens is 334 g/mol. The molecule has 3 aromatic rings. The van der Waals surface area contributed by atoms with Crippen LogP contribution in [0.2, 0.25) is 0 Å². The Morgan fingerprint density at radius 1 is 1.15 bits per heavy atom. The van der Waals surface area contributed by atoms with Crippen LogP contribution in [0.5, 0.6) is 0 Å². The largest absolute Gasteiger partial charge is 0.384 e. The molecule has 27 heavy (non-hydrogen) atoms. The zero-order valence-electron chi connectivity index (χ0n) is 15.7. The van der Waals surface area contributed by atoms with E-state index in [0.717, 1.165) is 49.4 Å². The van der Waals surface area contributed by atoms with Crippen LogP contribution in [0.4, 0.5) is 5.69 Å². The summed E-state index contributed by atoms with van der Waals surface area (Å²) >= 11 is 0. The fourth-order valence-electron chi connectivity index (χ4n) is 4.45. The predicted octanol–water partition coefficient (Wildman–Crippen LogP) is 4.51. The van der Waals surface area contributed by atoms with Crippen molar-refractivity contribution < 1.29 is 4.52 Å². The van der Waals surface area contributed by atoms with Crippen LogP contribution in [0.1, 0.15) is 34.9 Å². The molecule has 0 aliphatic carbocycles. The van der Waals surface area contributed by atoms with Gasteiger partial charge in [-0.05, 0) is 49.4 Å². The highest BCUT2D eigenvalue weighted by molar-refractivity contribution is 5.62. The Morgan fingerprint density at radius 3 is 2.93 bits per heavy atom. The number of fused-ring (bicyclic) bond motifs is 1. The van der Waals surface area contributed by atoms with Crippen molar-refractivity contribution in [3.63, 3.8) is 0 Å². The van der Waals surface area contributed by atoms with Crippen LogP contribution >= 0.6 is 0 Å². The normalized spacial score (nSPS) is 21.2. The Labute approximate surface area is 160 Å². The third-order valence-corrected chi connectivity index (χ3v) is 6.01. The van der Waals surface area contributed by atoms with E-state index >= 15 is 0 Å². The van der Waals surface area contributed by atoms with Crippen molar-refractivity contribution in [1.82, 2.24) is 10.5 Å². The third kappa shape index (κ3) is 3.15. The van der Waals surface area contributed by atoms with Gasteiger partial charge >= 0.3 is 0 Å². The number of hydrogen-bond donors (Lipinski definition) is 2. The summed E-state index contributed by atoms with van der Waals surface area (Å²) in [6.07, 6.45) is 3.23. The van der Waals surface area contributed by atoms with Gasteiger partial charge < -0.3 is 15.2 Å². The monoisotopic (exact) mass is 359 g/mol. The van der Waals surface area contributed by atoms with Gasteiger partial charge in [0, 0.05) is 35.8 Å². The number of benzene rings is 2. The number of aromatic nitrogens is 1. The molecule has 2 aliphatic rings. The lowest BCUT2D eigenvalue weighted by atomic mass is 9.94. The first-order chi connectivity index (χ1) is 13.3. The van der Waals surface area contributed by atoms with Gasteiger partial charge in [0.1, 0.15) is 11.5 Å². The molecular formula is C23H25N3O. The molecule has 0 radical (unpaired) electrons. The molecule has 2 unspecified atom stereocenters. The molecule has 0 spiro atoms. The summed E-state index contributed by atoms with van der Waals surface area (Å²) in [5.74, 6) is 1.61. The highest BCUT2D eigenvalue weighted by atomic mass is 16.5. The van der Waals surface area contributed by atoms with E-state index in [1.165, 1.54) is 22.4 Å². The van der Waals surface area contributed by atoms with E-state index in [4.69, 9.17) is 4.52 Å². The van der Waals surface area contributed by atoms with E-state index in [2.05, 4.69) is 53.0 Å². The summed E-state index contributed by atoms with van der Waals surface area (Å²) in [6, 6.07) is 17.6. The molecule has 1 fully saturated rings. The van der Waals surface area contributed by atoms with Crippen LogP contribution in [-0.2, 0) is 12.8 Å². The molecule has 1 saturated heterocycles. The Morgan fingerprint density at radius 2 is 2.04 bits per heavy atom. The first-order valence-corrected chi connectivity index (χ1v) is 9.88. The molecule has 2 aliphatic heterocycles. The number of nitrogens with zero attached hydrogens (tertiary/aromatic N) is 1. The maximum Gasteiger partial charge on any atom is 0.140 e. The van der Waals surface area contributed by atoms with Crippen molar-refractivity contribution >= 4 is 5.69 Å². The summed E-state index contributed by atoms with van der Waals surface area (Å²) < 4.78 is 5.73. The van der Waals surface area contributed by atoms with E-state index in [9.17, 15) is 0 Å². The number of nitrogens with one attached hydrogen (secondary N) is 2. The zero-order valence-corrected chi connectivity index (χ0v) is 15.7. The lowest BCUT2D eigenvalue weighted by Crippen LogP contribution is -2.14. The van der Waals surface area contributed by atoms with E-state index in [1.807, 2.05) is 18.2 Å². The fraction of sp³-hybridized carbons (Fsp3) is 0.348. The van der Waals surface area contributed by atoms with Gasteiger partial charge in [-0.2, -0.15) is 0 Å². The number of rotatable bonds is 4. The first-order valence-electron chi connectivity index (χ1n) is 9.88. The summed E-state index contributed by atoms with van der Waals surface area (Å²) in [6.45, 7) is 4.22. The topological polar surface area (TPSA) is 50.1 Å². The Balaban J connectivity index is 1.28. The fourth-order valence-corrected chi connectivity index (χ4v) is 4.45. The van der Waals surface area contributed by atoms with Crippen LogP contribution in [-0.4, -0.2) is 18.2 Å². The average Bonchev–Trinajstić information content (AvgIpc) is 3.43. The molecule has 2 aromatic carbocycles. The first kappa shape index (κ1) is 16.6. The molecule has 2 atom stereocenters. The minimum absolute atomic E-state index is 0.442. The molecule has 5 rings (SSSR count). The second kappa shape index (κ2) is 6.86. The van der Waals surface area contributed by atoms with Gasteiger partial charge in [-0.3, -0.25) is 0 Å². The van der Waals surface area contributed by atoms with Gasteiger partial charge in [0.15, 0.2) is 0 Å². The molecule has 0 saturated carbocycles. The van der Waals surface area contributed by atoms with Crippen LogP contribution in [0, 0.1) is 12.8 Å². The second-order valence-corrected chi connectivity index (χ2v) is 7.81. The van der Waals surface area contributed by atoms with Crippen LogP contribution in [0.3, 0.4) is 0 Å². The van der Waals surface area contributed by atoms with E-state index in [0.29, 0.717) is 12.0 Å². The molecule has 1 aromatic heterocycles. The smallest absolute Gasteiger partial charge is 0.140 e. The second-order valence-electron chi connectivity index (χ2n) is 7.81. The molecule has 3 heterocycles. The Kier molecular flexibility index (Phi) is 4.21. The van der Waals surface area contributed by atoms with Crippen LogP contribution < -0.4 is 10.6 Å². The van der Waals surface area contributed by atoms with E-state index in [-0.39, 0.29) is 0 Å². The molecule has 2 N–H and O–H groups in total. The minimum Gasteiger partial charge on any atom is -0.384 e. The molecule has 0 amide bonds. The average molecular weight is 359 g/mol. The predicted molar refractivity (Wildman–Crippen MR) is 108 cm³/mol. The van der Waals surface area contributed by atoms with Crippen LogP contribution in [0.15, 0.2) is 53.1 Å². The summed E-state index contributed by atoms with van der Waals surface area (Å²) in [7, 11) is 0. The Bertz CT molecular complexity index is 948. The molecule has 4 nitrogen and oxygen atoms in total. The van der Waals surface area contributed by atoms with E-state index in [1.54, 1.807) is 0 Å². The quantitative estimate of drug-likeness (QED) is 0.719. The highest BCUT2D eigenvalue weighted by Crippen LogP contribution is 2.34. The highest BCUT2D eigenvalue weighted by Gasteiger charge is 2.28. The maximum absolute atomic E-state index is 5.73. The van der Waals surface area contributed by atoms with E-state index < -0.39 is 0 Å². The maximum atomic E-state index is 5.73. The van der Waals surface area contributed by atoms with Crippen molar-refractivity contribution in [2.24, 2.45) is 5.92 Å². The minimum atomic E-state index is 0.442. The molecule has 0 bridgehead atoms. The van der Waals surface area contributed by atoms with Gasteiger partial charge in [0.25, 0.3) is 0 Å². The molecule has 4 heteroatoms. The third-order valence-electron chi connectivity index (χ3n) is 6.01. The standard InChI is InChI=1S/C23H25N3O/c1-15-22(27-26-23(15)17-5-3-2-4-6-17)12-16-11-21(25-14-16)18-7-8-20-19(13-18)9-10-24-20/h2-8,13,16,21,24-25H,9-12,14H2,1H3. The van der Waals surface area contributed by atoms with Crippen molar-refractivity contribution in [3.8, 4) is 11.3 Å². The van der Waals surface area contributed by atoms with Gasteiger partial charge in [0.2, 0.25) is 0 Å². The summed E-state index contributed by atoms with van der Waals surface area (Å²) in [5, 5.41) is 11.5. The summed E-state index contributed by atoms with van der Waals surface area (Å²) in [4.78, 5) is 0.